The van der Waals surface area contributed by atoms with Gasteiger partial charge in [0.1, 0.15) is 0 Å². The van der Waals surface area contributed by atoms with Crippen molar-refractivity contribution in [2.75, 3.05) is 6.61 Å². The summed E-state index contributed by atoms with van der Waals surface area (Å²) in [5.41, 5.74) is 1.14. The van der Waals surface area contributed by atoms with Gasteiger partial charge in [0.25, 0.3) is 5.91 Å². The smallest absolute Gasteiger partial charge is 0.338 e. The number of pyridine rings is 1. The highest BCUT2D eigenvalue weighted by molar-refractivity contribution is 6.42. The molecule has 0 saturated heterocycles. The Labute approximate surface area is 143 Å². The summed E-state index contributed by atoms with van der Waals surface area (Å²) in [6, 6.07) is 7.83. The van der Waals surface area contributed by atoms with Crippen LogP contribution in [0.15, 0.2) is 42.7 Å². The van der Waals surface area contributed by atoms with Crippen LogP contribution in [0.2, 0.25) is 10.0 Å². The molecule has 0 bridgehead atoms. The zero-order chi connectivity index (χ0) is 16.8. The first-order valence-electron chi connectivity index (χ1n) is 6.79. The molecular weight excluding hydrogens is 339 g/mol. The maximum Gasteiger partial charge on any atom is 0.338 e. The van der Waals surface area contributed by atoms with Gasteiger partial charge < -0.3 is 10.1 Å². The van der Waals surface area contributed by atoms with Crippen molar-refractivity contribution in [2.24, 2.45) is 0 Å². The monoisotopic (exact) mass is 352 g/mol. The van der Waals surface area contributed by atoms with E-state index < -0.39 is 11.9 Å². The molecule has 1 atom stereocenters. The summed E-state index contributed by atoms with van der Waals surface area (Å²) in [7, 11) is 0. The van der Waals surface area contributed by atoms with Crippen LogP contribution in [0.25, 0.3) is 0 Å². The normalized spacial score (nSPS) is 11.6. The van der Waals surface area contributed by atoms with Gasteiger partial charge in [-0.3, -0.25) is 9.78 Å². The van der Waals surface area contributed by atoms with Crippen molar-refractivity contribution in [3.63, 3.8) is 0 Å². The van der Waals surface area contributed by atoms with Crippen LogP contribution in [0, 0.1) is 0 Å². The minimum absolute atomic E-state index is 0.295. The highest BCUT2D eigenvalue weighted by Crippen LogP contribution is 2.25. The van der Waals surface area contributed by atoms with E-state index in [0.29, 0.717) is 15.6 Å². The van der Waals surface area contributed by atoms with E-state index in [9.17, 15) is 9.59 Å². The van der Waals surface area contributed by atoms with E-state index in [0.717, 1.165) is 5.56 Å². The summed E-state index contributed by atoms with van der Waals surface area (Å²) in [4.78, 5) is 27.4. The third-order valence-electron chi connectivity index (χ3n) is 3.07. The van der Waals surface area contributed by atoms with Crippen molar-refractivity contribution in [1.29, 1.82) is 0 Å². The molecule has 0 aliphatic rings. The molecule has 1 aromatic heterocycles. The van der Waals surface area contributed by atoms with Gasteiger partial charge >= 0.3 is 5.97 Å². The molecule has 0 saturated carbocycles. The number of carbonyl (C=O) groups excluding carboxylic acids is 2. The molecule has 0 aliphatic carbocycles. The molecule has 120 valence electrons. The van der Waals surface area contributed by atoms with E-state index in [1.807, 2.05) is 0 Å². The molecule has 7 heteroatoms. The topological polar surface area (TPSA) is 68.3 Å². The summed E-state index contributed by atoms with van der Waals surface area (Å²) in [6.45, 7) is 1.43. The second-order valence-electron chi connectivity index (χ2n) is 4.77. The van der Waals surface area contributed by atoms with Crippen LogP contribution in [0.5, 0.6) is 0 Å². The number of hydrogen-bond acceptors (Lipinski definition) is 4. The second-order valence-corrected chi connectivity index (χ2v) is 5.59. The lowest BCUT2D eigenvalue weighted by Crippen LogP contribution is -2.31. The maximum absolute atomic E-state index is 11.9. The predicted molar refractivity (Wildman–Crippen MR) is 87.5 cm³/mol. The fraction of sp³-hybridized carbons (Fsp3) is 0.188. The molecule has 0 aliphatic heterocycles. The number of halogens is 2. The molecule has 2 rings (SSSR count). The first-order chi connectivity index (χ1) is 11.0. The minimum atomic E-state index is -0.579. The number of benzene rings is 1. The van der Waals surface area contributed by atoms with Gasteiger partial charge in [-0.2, -0.15) is 0 Å². The number of carbonyl (C=O) groups is 2. The number of nitrogens with zero attached hydrogens (tertiary/aromatic N) is 1. The average Bonchev–Trinajstić information content (AvgIpc) is 2.55. The molecule has 2 aromatic rings. The van der Waals surface area contributed by atoms with Crippen LogP contribution in [0.4, 0.5) is 0 Å². The molecule has 0 spiro atoms. The number of hydrogen-bond donors (Lipinski definition) is 1. The number of rotatable bonds is 5. The van der Waals surface area contributed by atoms with E-state index in [1.165, 1.54) is 24.5 Å². The van der Waals surface area contributed by atoms with E-state index in [2.05, 4.69) is 10.3 Å². The molecule has 1 heterocycles. The first kappa shape index (κ1) is 17.2. The fourth-order valence-electron chi connectivity index (χ4n) is 1.85. The van der Waals surface area contributed by atoms with E-state index in [-0.39, 0.29) is 12.6 Å². The second kappa shape index (κ2) is 7.94. The Balaban J connectivity index is 1.87. The zero-order valence-corrected chi connectivity index (χ0v) is 13.8. The third-order valence-corrected chi connectivity index (χ3v) is 3.81. The van der Waals surface area contributed by atoms with Crippen LogP contribution >= 0.6 is 23.2 Å². The number of ether oxygens (including phenoxy) is 1. The van der Waals surface area contributed by atoms with Gasteiger partial charge in [0.15, 0.2) is 6.61 Å². The van der Waals surface area contributed by atoms with Gasteiger partial charge in [0.05, 0.1) is 21.7 Å². The first-order valence-corrected chi connectivity index (χ1v) is 7.54. The third kappa shape index (κ3) is 4.94. The van der Waals surface area contributed by atoms with Crippen molar-refractivity contribution in [1.82, 2.24) is 10.3 Å². The molecule has 23 heavy (non-hydrogen) atoms. The zero-order valence-electron chi connectivity index (χ0n) is 12.3. The quantitative estimate of drug-likeness (QED) is 0.837. The Morgan fingerprint density at radius 1 is 1.17 bits per heavy atom. The van der Waals surface area contributed by atoms with Gasteiger partial charge in [-0.15, -0.1) is 0 Å². The van der Waals surface area contributed by atoms with E-state index in [1.54, 1.807) is 25.1 Å². The SMILES string of the molecule is C[C@@H](NC(=O)COC(=O)c1ccncc1)c1ccc(Cl)c(Cl)c1. The lowest BCUT2D eigenvalue weighted by molar-refractivity contribution is -0.124. The average molecular weight is 353 g/mol. The number of aromatic nitrogens is 1. The largest absolute Gasteiger partial charge is 0.452 e. The summed E-state index contributed by atoms with van der Waals surface area (Å²) >= 11 is 11.8. The number of nitrogens with one attached hydrogen (secondary N) is 1. The van der Waals surface area contributed by atoms with Crippen LogP contribution in [-0.4, -0.2) is 23.5 Å². The van der Waals surface area contributed by atoms with Crippen molar-refractivity contribution in [2.45, 2.75) is 13.0 Å². The number of esters is 1. The lowest BCUT2D eigenvalue weighted by Gasteiger charge is -2.15. The minimum Gasteiger partial charge on any atom is -0.452 e. The molecule has 1 aromatic carbocycles. The Morgan fingerprint density at radius 3 is 2.52 bits per heavy atom. The van der Waals surface area contributed by atoms with Crippen LogP contribution in [0.1, 0.15) is 28.9 Å². The van der Waals surface area contributed by atoms with E-state index >= 15 is 0 Å². The standard InChI is InChI=1S/C16H14Cl2N2O3/c1-10(12-2-3-13(17)14(18)8-12)20-15(21)9-23-16(22)11-4-6-19-7-5-11/h2-8,10H,9H2,1H3,(H,20,21)/t10-/m1/s1. The molecule has 1 amide bonds. The molecule has 0 radical (unpaired) electrons. The Morgan fingerprint density at radius 2 is 1.87 bits per heavy atom. The highest BCUT2D eigenvalue weighted by atomic mass is 35.5. The van der Waals surface area contributed by atoms with Crippen LogP contribution in [0.3, 0.4) is 0 Å². The Bertz CT molecular complexity index is 708. The van der Waals surface area contributed by atoms with Crippen molar-refractivity contribution in [3.05, 3.63) is 63.9 Å². The number of amides is 1. The van der Waals surface area contributed by atoms with Gasteiger partial charge in [0, 0.05) is 12.4 Å². The maximum atomic E-state index is 11.9. The summed E-state index contributed by atoms with van der Waals surface area (Å²) in [5, 5.41) is 3.58. The van der Waals surface area contributed by atoms with Crippen molar-refractivity contribution >= 4 is 35.1 Å². The van der Waals surface area contributed by atoms with Crippen LogP contribution in [-0.2, 0) is 9.53 Å². The fourth-order valence-corrected chi connectivity index (χ4v) is 2.16. The van der Waals surface area contributed by atoms with Gasteiger partial charge in [-0.25, -0.2) is 4.79 Å². The van der Waals surface area contributed by atoms with Crippen molar-refractivity contribution in [3.8, 4) is 0 Å². The highest BCUT2D eigenvalue weighted by Gasteiger charge is 2.13. The van der Waals surface area contributed by atoms with Gasteiger partial charge in [0.2, 0.25) is 0 Å². The lowest BCUT2D eigenvalue weighted by atomic mass is 10.1. The molecular formula is C16H14Cl2N2O3. The Hall–Kier alpha value is -2.11. The van der Waals surface area contributed by atoms with Crippen LogP contribution < -0.4 is 5.32 Å². The summed E-state index contributed by atoms with van der Waals surface area (Å²) < 4.78 is 4.94. The van der Waals surface area contributed by atoms with Gasteiger partial charge in [-0.05, 0) is 36.8 Å². The molecule has 0 fully saturated rings. The summed E-state index contributed by atoms with van der Waals surface area (Å²) in [6.07, 6.45) is 2.95. The molecule has 0 unspecified atom stereocenters. The summed E-state index contributed by atoms with van der Waals surface area (Å²) in [5.74, 6) is -0.990. The predicted octanol–water partition coefficient (Wildman–Crippen LogP) is 3.42. The Kier molecular flexibility index (Phi) is 5.96. The van der Waals surface area contributed by atoms with Crippen molar-refractivity contribution < 1.29 is 14.3 Å². The molecule has 1 N–H and O–H groups in total. The van der Waals surface area contributed by atoms with Gasteiger partial charge in [-0.1, -0.05) is 29.3 Å². The molecule has 5 nitrogen and oxygen atoms in total. The van der Waals surface area contributed by atoms with E-state index in [4.69, 9.17) is 27.9 Å².